The number of hydrogen-bond acceptors (Lipinski definition) is 6. The summed E-state index contributed by atoms with van der Waals surface area (Å²) < 4.78 is 31.7. The van der Waals surface area contributed by atoms with Crippen molar-refractivity contribution in [2.24, 2.45) is 0 Å². The van der Waals surface area contributed by atoms with E-state index in [1.807, 2.05) is 30.3 Å². The second kappa shape index (κ2) is 9.40. The third-order valence-electron chi connectivity index (χ3n) is 5.07. The molecule has 10 heteroatoms. The van der Waals surface area contributed by atoms with Gasteiger partial charge < -0.3 is 14.6 Å². The van der Waals surface area contributed by atoms with Crippen LogP contribution in [0.2, 0.25) is 0 Å². The largest absolute Gasteiger partial charge is 0.438 e. The second-order valence-electron chi connectivity index (χ2n) is 7.27. The van der Waals surface area contributed by atoms with Crippen LogP contribution in [-0.4, -0.2) is 66.9 Å². The topological polar surface area (TPSA) is 113 Å². The van der Waals surface area contributed by atoms with Crippen LogP contribution in [0.1, 0.15) is 40.7 Å². The molecule has 1 aliphatic heterocycles. The average molecular weight is 435 g/mol. The van der Waals surface area contributed by atoms with Gasteiger partial charge in [0.2, 0.25) is 21.7 Å². The Balaban J connectivity index is 1.86. The molecule has 2 heterocycles. The van der Waals surface area contributed by atoms with E-state index in [1.54, 1.807) is 11.8 Å². The van der Waals surface area contributed by atoms with E-state index < -0.39 is 16.1 Å². The van der Waals surface area contributed by atoms with Crippen LogP contribution in [0.3, 0.4) is 0 Å². The van der Waals surface area contributed by atoms with E-state index in [0.717, 1.165) is 11.8 Å². The Hall–Kier alpha value is -2.72. The molecule has 1 aliphatic rings. The summed E-state index contributed by atoms with van der Waals surface area (Å²) in [5.41, 5.74) is 1.24. The highest BCUT2D eigenvalue weighted by Gasteiger charge is 2.31. The van der Waals surface area contributed by atoms with Crippen molar-refractivity contribution >= 4 is 21.8 Å². The fourth-order valence-electron chi connectivity index (χ4n) is 3.58. The van der Waals surface area contributed by atoms with Crippen molar-refractivity contribution in [3.05, 3.63) is 53.7 Å². The molecule has 30 heavy (non-hydrogen) atoms. The van der Waals surface area contributed by atoms with E-state index in [-0.39, 0.29) is 37.1 Å². The molecule has 2 amide bonds. The lowest BCUT2D eigenvalue weighted by atomic mass is 10.0. The standard InChI is InChI=1S/C20H26N4O5S/c1-15-19(29-14-22-15)20(26)23-10-6-11-24(30(2,27)28)17(13-18(25)21-9-12-23)16-7-4-3-5-8-16/h3-5,7-8,14,17H,6,9-13H2,1-2H3,(H,21,25). The van der Waals surface area contributed by atoms with Crippen LogP contribution in [-0.2, 0) is 14.8 Å². The molecule has 0 aliphatic carbocycles. The molecule has 1 fully saturated rings. The van der Waals surface area contributed by atoms with E-state index in [1.165, 1.54) is 10.7 Å². The van der Waals surface area contributed by atoms with Gasteiger partial charge in [0, 0.05) is 32.6 Å². The highest BCUT2D eigenvalue weighted by Crippen LogP contribution is 2.27. The lowest BCUT2D eigenvalue weighted by molar-refractivity contribution is -0.122. The molecule has 1 aromatic carbocycles. The van der Waals surface area contributed by atoms with E-state index in [2.05, 4.69) is 10.3 Å². The molecular formula is C20H26N4O5S. The first-order valence-electron chi connectivity index (χ1n) is 9.75. The molecular weight excluding hydrogens is 408 g/mol. The molecule has 1 unspecified atom stereocenters. The van der Waals surface area contributed by atoms with Crippen LogP contribution >= 0.6 is 0 Å². The van der Waals surface area contributed by atoms with Gasteiger partial charge in [-0.15, -0.1) is 0 Å². The number of oxazole rings is 1. The normalized spacial score (nSPS) is 19.7. The van der Waals surface area contributed by atoms with Crippen molar-refractivity contribution < 1.29 is 22.4 Å². The number of sulfonamides is 1. The Kier molecular flexibility index (Phi) is 6.88. The van der Waals surface area contributed by atoms with E-state index >= 15 is 0 Å². The fraction of sp³-hybridized carbons (Fsp3) is 0.450. The number of aryl methyl sites for hydroxylation is 1. The van der Waals surface area contributed by atoms with Crippen LogP contribution in [0.25, 0.3) is 0 Å². The molecule has 3 rings (SSSR count). The molecule has 162 valence electrons. The molecule has 1 saturated heterocycles. The number of hydrogen-bond donors (Lipinski definition) is 1. The molecule has 0 bridgehead atoms. The van der Waals surface area contributed by atoms with Crippen molar-refractivity contribution in [2.75, 3.05) is 32.4 Å². The predicted octanol–water partition coefficient (Wildman–Crippen LogP) is 1.34. The van der Waals surface area contributed by atoms with Gasteiger partial charge in [0.1, 0.15) is 0 Å². The van der Waals surface area contributed by atoms with Gasteiger partial charge in [0.25, 0.3) is 5.91 Å². The average Bonchev–Trinajstić information content (AvgIpc) is 3.11. The summed E-state index contributed by atoms with van der Waals surface area (Å²) >= 11 is 0. The van der Waals surface area contributed by atoms with Gasteiger partial charge in [-0.05, 0) is 18.9 Å². The number of benzene rings is 1. The fourth-order valence-corrected chi connectivity index (χ4v) is 4.69. The molecule has 1 aromatic heterocycles. The van der Waals surface area contributed by atoms with Crippen molar-refractivity contribution in [3.8, 4) is 0 Å². The monoisotopic (exact) mass is 434 g/mol. The number of carbonyl (C=O) groups is 2. The van der Waals surface area contributed by atoms with Gasteiger partial charge >= 0.3 is 0 Å². The Morgan fingerprint density at radius 3 is 2.57 bits per heavy atom. The van der Waals surface area contributed by atoms with Gasteiger partial charge in [0.05, 0.1) is 18.0 Å². The Labute approximate surface area is 176 Å². The van der Waals surface area contributed by atoms with Gasteiger partial charge in [-0.2, -0.15) is 4.31 Å². The smallest absolute Gasteiger partial charge is 0.291 e. The zero-order valence-electron chi connectivity index (χ0n) is 17.1. The summed E-state index contributed by atoms with van der Waals surface area (Å²) in [6.45, 7) is 2.74. The molecule has 0 spiro atoms. The molecule has 0 saturated carbocycles. The lowest BCUT2D eigenvalue weighted by Gasteiger charge is -2.30. The first-order chi connectivity index (χ1) is 14.3. The highest BCUT2D eigenvalue weighted by molar-refractivity contribution is 7.88. The zero-order chi connectivity index (χ0) is 21.7. The van der Waals surface area contributed by atoms with Gasteiger partial charge in [-0.1, -0.05) is 30.3 Å². The molecule has 1 N–H and O–H groups in total. The minimum absolute atomic E-state index is 0.00619. The SMILES string of the molecule is Cc1ncoc1C(=O)N1CCCN(S(C)(=O)=O)C(c2ccccc2)CC(=O)NCC1. The highest BCUT2D eigenvalue weighted by atomic mass is 32.2. The van der Waals surface area contributed by atoms with Crippen molar-refractivity contribution in [3.63, 3.8) is 0 Å². The van der Waals surface area contributed by atoms with Crippen molar-refractivity contribution in [1.29, 1.82) is 0 Å². The first-order valence-corrected chi connectivity index (χ1v) is 11.6. The zero-order valence-corrected chi connectivity index (χ0v) is 17.9. The van der Waals surface area contributed by atoms with Crippen LogP contribution in [0.4, 0.5) is 0 Å². The third kappa shape index (κ3) is 5.25. The molecule has 9 nitrogen and oxygen atoms in total. The molecule has 1 atom stereocenters. The van der Waals surface area contributed by atoms with E-state index in [0.29, 0.717) is 25.2 Å². The summed E-state index contributed by atoms with van der Waals surface area (Å²) in [7, 11) is -3.59. The maximum Gasteiger partial charge on any atom is 0.291 e. The Morgan fingerprint density at radius 2 is 1.93 bits per heavy atom. The lowest BCUT2D eigenvalue weighted by Crippen LogP contribution is -2.39. The minimum atomic E-state index is -3.59. The van der Waals surface area contributed by atoms with Gasteiger partial charge in [-0.25, -0.2) is 13.4 Å². The summed E-state index contributed by atoms with van der Waals surface area (Å²) in [6, 6.07) is 8.50. The number of nitrogens with zero attached hydrogens (tertiary/aromatic N) is 3. The van der Waals surface area contributed by atoms with Crippen molar-refractivity contribution in [1.82, 2.24) is 19.5 Å². The second-order valence-corrected chi connectivity index (χ2v) is 9.20. The summed E-state index contributed by atoms with van der Waals surface area (Å²) in [6.07, 6.45) is 2.78. The number of amides is 2. The minimum Gasteiger partial charge on any atom is -0.438 e. The van der Waals surface area contributed by atoms with Crippen LogP contribution in [0.5, 0.6) is 0 Å². The van der Waals surface area contributed by atoms with Crippen LogP contribution < -0.4 is 5.32 Å². The van der Waals surface area contributed by atoms with E-state index in [4.69, 9.17) is 4.42 Å². The first kappa shape index (κ1) is 22.0. The number of nitrogens with one attached hydrogen (secondary N) is 1. The maximum atomic E-state index is 12.8. The summed E-state index contributed by atoms with van der Waals surface area (Å²) in [4.78, 5) is 30.9. The maximum absolute atomic E-state index is 12.8. The summed E-state index contributed by atoms with van der Waals surface area (Å²) in [5.74, 6) is -0.454. The van der Waals surface area contributed by atoms with Crippen LogP contribution in [0, 0.1) is 6.92 Å². The van der Waals surface area contributed by atoms with Crippen LogP contribution in [0.15, 0.2) is 41.1 Å². The van der Waals surface area contributed by atoms with E-state index in [9.17, 15) is 18.0 Å². The van der Waals surface area contributed by atoms with Gasteiger partial charge in [0.15, 0.2) is 6.39 Å². The molecule has 2 aromatic rings. The Bertz CT molecular complexity index is 990. The quantitative estimate of drug-likeness (QED) is 0.780. The summed E-state index contributed by atoms with van der Waals surface area (Å²) in [5, 5.41) is 2.80. The number of aromatic nitrogens is 1. The predicted molar refractivity (Wildman–Crippen MR) is 110 cm³/mol. The third-order valence-corrected chi connectivity index (χ3v) is 6.36. The van der Waals surface area contributed by atoms with Crippen molar-refractivity contribution in [2.45, 2.75) is 25.8 Å². The van der Waals surface area contributed by atoms with Gasteiger partial charge in [-0.3, -0.25) is 9.59 Å². The number of carbonyl (C=O) groups excluding carboxylic acids is 2. The number of rotatable bonds is 3. The molecule has 0 radical (unpaired) electrons. The Morgan fingerprint density at radius 1 is 1.20 bits per heavy atom.